The zero-order valence-electron chi connectivity index (χ0n) is 21.5. The molecule has 4 aromatic rings. The van der Waals surface area contributed by atoms with Gasteiger partial charge in [0.2, 0.25) is 0 Å². The van der Waals surface area contributed by atoms with Gasteiger partial charge >= 0.3 is 0 Å². The van der Waals surface area contributed by atoms with E-state index >= 15 is 0 Å². The SMILES string of the molecule is CC1=C(/C(C)=C\N)C23CC2CN(C(=O)c2cc4cc(NC(=O)c5cc6ccccc6o5)ccc4[nH]2)C3=CC1=O. The Morgan fingerprint density at radius 2 is 1.97 bits per heavy atom. The Morgan fingerprint density at radius 3 is 2.77 bits per heavy atom. The standard InChI is InChI=1S/C31H26N4O4/c1-16(14-32)28-17(2)24(36)12-27-31(28)13-20(31)15-35(27)30(38)23-10-19-9-21(7-8-22(19)34-23)33-29(37)26-11-18-5-3-4-6-25(18)39-26/h3-12,14,20,34H,13,15,32H2,1-2H3,(H,33,37)/b16-14-. The molecule has 194 valence electrons. The van der Waals surface area contributed by atoms with Gasteiger partial charge in [-0.1, -0.05) is 18.2 Å². The van der Waals surface area contributed by atoms with Crippen LogP contribution in [0.25, 0.3) is 21.9 Å². The molecule has 1 aliphatic heterocycles. The van der Waals surface area contributed by atoms with Crippen molar-refractivity contribution in [3.63, 3.8) is 0 Å². The molecule has 8 heteroatoms. The highest BCUT2D eigenvalue weighted by Crippen LogP contribution is 2.70. The van der Waals surface area contributed by atoms with Gasteiger partial charge in [-0.3, -0.25) is 14.4 Å². The first kappa shape index (κ1) is 23.3. The zero-order chi connectivity index (χ0) is 27.1. The highest BCUT2D eigenvalue weighted by Gasteiger charge is 2.68. The van der Waals surface area contributed by atoms with Gasteiger partial charge in [-0.2, -0.15) is 0 Å². The van der Waals surface area contributed by atoms with E-state index in [4.69, 9.17) is 10.2 Å². The Balaban J connectivity index is 1.15. The molecule has 2 aromatic carbocycles. The van der Waals surface area contributed by atoms with E-state index in [1.807, 2.05) is 50.2 Å². The summed E-state index contributed by atoms with van der Waals surface area (Å²) in [4.78, 5) is 44.3. The fraction of sp³-hybridized carbons (Fsp3) is 0.194. The van der Waals surface area contributed by atoms with Crippen molar-refractivity contribution in [2.24, 2.45) is 17.1 Å². The molecule has 3 aliphatic rings. The minimum Gasteiger partial charge on any atom is -0.451 e. The molecule has 2 amide bonds. The predicted molar refractivity (Wildman–Crippen MR) is 148 cm³/mol. The first-order chi connectivity index (χ1) is 18.8. The molecule has 1 saturated carbocycles. The number of hydrogen-bond donors (Lipinski definition) is 3. The molecule has 8 nitrogen and oxygen atoms in total. The number of aromatic nitrogens is 1. The molecule has 2 aromatic heterocycles. The van der Waals surface area contributed by atoms with E-state index in [1.54, 1.807) is 35.4 Å². The van der Waals surface area contributed by atoms with Crippen molar-refractivity contribution in [1.82, 2.24) is 9.88 Å². The number of anilines is 1. The molecule has 2 atom stereocenters. The topological polar surface area (TPSA) is 121 Å². The van der Waals surface area contributed by atoms with E-state index < -0.39 is 0 Å². The van der Waals surface area contributed by atoms with Crippen molar-refractivity contribution in [2.45, 2.75) is 20.3 Å². The minimum atomic E-state index is -0.353. The number of likely N-dealkylation sites (tertiary alicyclic amines) is 1. The van der Waals surface area contributed by atoms with Crippen LogP contribution in [0.3, 0.4) is 0 Å². The largest absolute Gasteiger partial charge is 0.451 e. The van der Waals surface area contributed by atoms with Crippen LogP contribution >= 0.6 is 0 Å². The van der Waals surface area contributed by atoms with E-state index in [0.29, 0.717) is 29.1 Å². The summed E-state index contributed by atoms with van der Waals surface area (Å²) in [5, 5.41) is 4.51. The predicted octanol–water partition coefficient (Wildman–Crippen LogP) is 5.27. The summed E-state index contributed by atoms with van der Waals surface area (Å²) >= 11 is 0. The van der Waals surface area contributed by atoms with Crippen molar-refractivity contribution in [3.8, 4) is 0 Å². The number of allylic oxidation sites excluding steroid dienone is 4. The van der Waals surface area contributed by atoms with Crippen LogP contribution in [0.2, 0.25) is 0 Å². The quantitative estimate of drug-likeness (QED) is 0.340. The number of benzene rings is 2. The van der Waals surface area contributed by atoms with E-state index in [1.165, 1.54) is 0 Å². The molecule has 7 rings (SSSR count). The number of nitrogens with zero attached hydrogens (tertiary/aromatic N) is 1. The third-order valence-corrected chi connectivity index (χ3v) is 8.36. The van der Waals surface area contributed by atoms with E-state index in [9.17, 15) is 14.4 Å². The number of aromatic amines is 1. The summed E-state index contributed by atoms with van der Waals surface area (Å²) in [6.45, 7) is 4.32. The second kappa shape index (κ2) is 8.07. The average Bonchev–Trinajstić information content (AvgIpc) is 3.26. The molecule has 2 unspecified atom stereocenters. The Labute approximate surface area is 223 Å². The van der Waals surface area contributed by atoms with Gasteiger partial charge in [-0.05, 0) is 79.9 Å². The van der Waals surface area contributed by atoms with Crippen LogP contribution in [0.1, 0.15) is 41.3 Å². The van der Waals surface area contributed by atoms with Crippen molar-refractivity contribution in [3.05, 3.63) is 101 Å². The van der Waals surface area contributed by atoms with Crippen LogP contribution < -0.4 is 11.1 Å². The van der Waals surface area contributed by atoms with Gasteiger partial charge in [0.1, 0.15) is 11.3 Å². The molecule has 4 N–H and O–H groups in total. The Kier molecular flexibility index (Phi) is 4.82. The summed E-state index contributed by atoms with van der Waals surface area (Å²) < 4.78 is 5.67. The molecule has 0 bridgehead atoms. The maximum Gasteiger partial charge on any atom is 0.291 e. The van der Waals surface area contributed by atoms with Crippen molar-refractivity contribution < 1.29 is 18.8 Å². The highest BCUT2D eigenvalue weighted by atomic mass is 16.3. The lowest BCUT2D eigenvalue weighted by atomic mass is 9.78. The number of furan rings is 1. The number of nitrogens with two attached hydrogens (primary N) is 1. The molecule has 1 saturated heterocycles. The molecular weight excluding hydrogens is 492 g/mol. The highest BCUT2D eigenvalue weighted by molar-refractivity contribution is 6.09. The summed E-state index contributed by atoms with van der Waals surface area (Å²) in [5.41, 5.74) is 11.3. The third kappa shape index (κ3) is 3.34. The fourth-order valence-corrected chi connectivity index (χ4v) is 6.44. The lowest BCUT2D eigenvalue weighted by molar-refractivity contribution is -0.111. The van der Waals surface area contributed by atoms with Gasteiger partial charge < -0.3 is 25.4 Å². The number of para-hydroxylation sites is 1. The van der Waals surface area contributed by atoms with Crippen LogP contribution in [0.5, 0.6) is 0 Å². The van der Waals surface area contributed by atoms with Gasteiger partial charge in [0, 0.05) is 51.3 Å². The second-order valence-electron chi connectivity index (χ2n) is 10.6. The normalized spacial score (nSPS) is 22.3. The molecule has 2 fully saturated rings. The smallest absolute Gasteiger partial charge is 0.291 e. The van der Waals surface area contributed by atoms with Crippen molar-refractivity contribution in [2.75, 3.05) is 11.9 Å². The van der Waals surface area contributed by atoms with Gasteiger partial charge in [0.25, 0.3) is 11.8 Å². The maximum atomic E-state index is 13.7. The molecule has 2 aliphatic carbocycles. The van der Waals surface area contributed by atoms with Crippen LogP contribution in [-0.2, 0) is 4.79 Å². The first-order valence-electron chi connectivity index (χ1n) is 12.9. The first-order valence-corrected chi connectivity index (χ1v) is 12.9. The monoisotopic (exact) mass is 518 g/mol. The Bertz CT molecular complexity index is 1820. The number of ketones is 1. The van der Waals surface area contributed by atoms with Gasteiger partial charge in [0.05, 0.1) is 0 Å². The number of rotatable bonds is 4. The van der Waals surface area contributed by atoms with E-state index in [0.717, 1.165) is 39.6 Å². The fourth-order valence-electron chi connectivity index (χ4n) is 6.44. The lowest BCUT2D eigenvalue weighted by Crippen LogP contribution is -2.33. The number of carbonyl (C=O) groups is 3. The molecule has 1 spiro atoms. The van der Waals surface area contributed by atoms with Crippen LogP contribution in [0, 0.1) is 11.3 Å². The molecule has 0 radical (unpaired) electrons. The summed E-state index contributed by atoms with van der Waals surface area (Å²) in [6, 6.07) is 16.4. The summed E-state index contributed by atoms with van der Waals surface area (Å²) in [6.07, 6.45) is 4.09. The number of nitrogens with one attached hydrogen (secondary N) is 2. The number of carbonyl (C=O) groups excluding carboxylic acids is 3. The number of H-pyrrole nitrogens is 1. The lowest BCUT2D eigenvalue weighted by Gasteiger charge is -2.31. The third-order valence-electron chi connectivity index (χ3n) is 8.36. The number of piperidine rings is 1. The van der Waals surface area contributed by atoms with Crippen LogP contribution in [0.4, 0.5) is 5.69 Å². The molecule has 3 heterocycles. The van der Waals surface area contributed by atoms with E-state index in [2.05, 4.69) is 10.3 Å². The Morgan fingerprint density at radius 1 is 1.15 bits per heavy atom. The summed E-state index contributed by atoms with van der Waals surface area (Å²) in [7, 11) is 0. The molecule has 39 heavy (non-hydrogen) atoms. The van der Waals surface area contributed by atoms with Gasteiger partial charge in [-0.15, -0.1) is 0 Å². The minimum absolute atomic E-state index is 0.0846. The number of hydrogen-bond acceptors (Lipinski definition) is 5. The maximum absolute atomic E-state index is 13.7. The van der Waals surface area contributed by atoms with Crippen molar-refractivity contribution in [1.29, 1.82) is 0 Å². The Hall–Kier alpha value is -4.85. The van der Waals surface area contributed by atoms with Gasteiger partial charge in [0.15, 0.2) is 11.5 Å². The number of fused-ring (bicyclic) bond motifs is 2. The average molecular weight is 519 g/mol. The molecular formula is C31H26N4O4. The van der Waals surface area contributed by atoms with Crippen LogP contribution in [-0.4, -0.2) is 34.0 Å². The second-order valence-corrected chi connectivity index (χ2v) is 10.6. The van der Waals surface area contributed by atoms with Crippen molar-refractivity contribution >= 4 is 45.2 Å². The number of amides is 2. The van der Waals surface area contributed by atoms with Crippen LogP contribution in [0.15, 0.2) is 93.7 Å². The van der Waals surface area contributed by atoms with E-state index in [-0.39, 0.29) is 34.7 Å². The van der Waals surface area contributed by atoms with Gasteiger partial charge in [-0.25, -0.2) is 0 Å². The zero-order valence-corrected chi connectivity index (χ0v) is 21.5. The summed E-state index contributed by atoms with van der Waals surface area (Å²) in [5.74, 6) is -0.128.